The summed E-state index contributed by atoms with van der Waals surface area (Å²) in [6, 6.07) is 17.7. The van der Waals surface area contributed by atoms with Crippen LogP contribution >= 0.6 is 0 Å². The van der Waals surface area contributed by atoms with Crippen molar-refractivity contribution < 1.29 is 39.6 Å². The number of carboxylic acid groups (broad SMARTS) is 4. The molecule has 10 heteroatoms. The molecule has 0 bridgehead atoms. The van der Waals surface area contributed by atoms with Gasteiger partial charge in [-0.1, -0.05) is 144 Å². The molecule has 4 aromatic carbocycles. The fraction of sp³-hybridized carbons (Fsp3) is 0.480. The zero-order valence-corrected chi connectivity index (χ0v) is 37.0. The third kappa shape index (κ3) is 11.5. The lowest BCUT2D eigenvalue weighted by Gasteiger charge is -2.31. The topological polar surface area (TPSA) is 156 Å². The SMILES string of the molecule is CCCCCCCCN(c1ccc(C(C)(C)C)cc1)c1cc(C(=O)O)c2c(C(=O)O)c(N(CCCCCCCC)c3ccc(C(C)(C)C)cc3)cc(C(=O)O)c2c1C(=O)O. The monoisotopic (exact) mass is 822 g/mol. The Kier molecular flexibility index (Phi) is 16.3. The number of carbonyl (C=O) groups is 4. The van der Waals surface area contributed by atoms with Crippen LogP contribution in [0.4, 0.5) is 22.7 Å². The van der Waals surface area contributed by atoms with E-state index < -0.39 is 56.9 Å². The number of nitrogens with zero attached hydrogens (tertiary/aromatic N) is 2. The van der Waals surface area contributed by atoms with Gasteiger partial charge in [-0.3, -0.25) is 0 Å². The van der Waals surface area contributed by atoms with Crippen molar-refractivity contribution in [2.75, 3.05) is 22.9 Å². The summed E-state index contributed by atoms with van der Waals surface area (Å²) >= 11 is 0. The van der Waals surface area contributed by atoms with E-state index >= 15 is 0 Å². The van der Waals surface area contributed by atoms with Crippen LogP contribution < -0.4 is 9.80 Å². The lowest BCUT2D eigenvalue weighted by molar-refractivity contribution is 0.0676. The molecule has 0 aliphatic rings. The van der Waals surface area contributed by atoms with Gasteiger partial charge >= 0.3 is 23.9 Å². The molecule has 0 aliphatic carbocycles. The third-order valence-corrected chi connectivity index (χ3v) is 11.4. The summed E-state index contributed by atoms with van der Waals surface area (Å²) in [5.74, 6) is -6.01. The van der Waals surface area contributed by atoms with Crippen molar-refractivity contribution in [2.45, 2.75) is 143 Å². The van der Waals surface area contributed by atoms with Gasteiger partial charge in [0.2, 0.25) is 0 Å². The summed E-state index contributed by atoms with van der Waals surface area (Å²) in [6.07, 6.45) is 11.4. The first-order chi connectivity index (χ1) is 28.3. The van der Waals surface area contributed by atoms with Crippen LogP contribution in [0.25, 0.3) is 10.8 Å². The number of fused-ring (bicyclic) bond motifs is 1. The van der Waals surface area contributed by atoms with Crippen molar-refractivity contribution in [2.24, 2.45) is 0 Å². The van der Waals surface area contributed by atoms with Gasteiger partial charge in [-0.25, -0.2) is 19.2 Å². The van der Waals surface area contributed by atoms with Crippen LogP contribution in [0.15, 0.2) is 60.7 Å². The third-order valence-electron chi connectivity index (χ3n) is 11.4. The van der Waals surface area contributed by atoms with E-state index in [1.807, 2.05) is 48.5 Å². The number of carboxylic acids is 4. The second-order valence-electron chi connectivity index (χ2n) is 18.0. The molecule has 0 saturated carbocycles. The highest BCUT2D eigenvalue weighted by Crippen LogP contribution is 2.44. The first kappa shape index (κ1) is 47.3. The van der Waals surface area contributed by atoms with Gasteiger partial charge in [-0.05, 0) is 71.2 Å². The molecule has 4 N–H and O–H groups in total. The molecule has 0 unspecified atom stereocenters. The van der Waals surface area contributed by atoms with Crippen molar-refractivity contribution in [1.29, 1.82) is 0 Å². The number of unbranched alkanes of at least 4 members (excludes halogenated alkanes) is 10. The van der Waals surface area contributed by atoms with Gasteiger partial charge in [0.1, 0.15) is 0 Å². The highest BCUT2D eigenvalue weighted by atomic mass is 16.4. The summed E-state index contributed by atoms with van der Waals surface area (Å²) in [4.78, 5) is 57.6. The van der Waals surface area contributed by atoms with Crippen molar-refractivity contribution in [3.05, 3.63) is 94.0 Å². The van der Waals surface area contributed by atoms with Crippen molar-refractivity contribution in [3.63, 3.8) is 0 Å². The minimum absolute atomic E-state index is 0.0160. The standard InChI is InChI=1S/C50H66N2O8/c1-9-11-13-15-17-19-29-51(35-25-21-33(22-26-35)49(3,4)5)39-31-37(45(53)54)42-41(43(39)47(57)58)38(46(55)56)32-40(44(42)48(59)60)52(30-20-18-16-14-12-10-2)36-27-23-34(24-28-36)50(6,7)8/h21-28,31-32H,9-20,29-30H2,1-8H3,(H,53,54)(H,55,56)(H,57,58)(H,59,60). The molecule has 4 aromatic rings. The molecule has 0 radical (unpaired) electrons. The summed E-state index contributed by atoms with van der Waals surface area (Å²) in [5, 5.41) is 43.1. The fourth-order valence-corrected chi connectivity index (χ4v) is 7.96. The number of anilines is 4. The average molecular weight is 823 g/mol. The van der Waals surface area contributed by atoms with Gasteiger partial charge in [0.05, 0.1) is 33.6 Å². The van der Waals surface area contributed by atoms with Crippen LogP contribution in [-0.4, -0.2) is 57.4 Å². The Bertz CT molecular complexity index is 1970. The summed E-state index contributed by atoms with van der Waals surface area (Å²) in [5.41, 5.74) is 0.987. The Balaban J connectivity index is 2.09. The minimum Gasteiger partial charge on any atom is -0.478 e. The predicted molar refractivity (Wildman–Crippen MR) is 243 cm³/mol. The van der Waals surface area contributed by atoms with Crippen LogP contribution in [0.2, 0.25) is 0 Å². The molecule has 0 saturated heterocycles. The van der Waals surface area contributed by atoms with Crippen LogP contribution in [0, 0.1) is 0 Å². The fourth-order valence-electron chi connectivity index (χ4n) is 7.96. The summed E-state index contributed by atoms with van der Waals surface area (Å²) in [6.45, 7) is 17.4. The van der Waals surface area contributed by atoms with Crippen LogP contribution in [-0.2, 0) is 10.8 Å². The van der Waals surface area contributed by atoms with Gasteiger partial charge in [0.25, 0.3) is 0 Å². The second-order valence-corrected chi connectivity index (χ2v) is 18.0. The minimum atomic E-state index is -1.51. The molecule has 4 rings (SSSR count). The number of hydrogen-bond donors (Lipinski definition) is 4. The molecule has 0 heterocycles. The first-order valence-corrected chi connectivity index (χ1v) is 21.7. The molecule has 60 heavy (non-hydrogen) atoms. The van der Waals surface area contributed by atoms with E-state index in [-0.39, 0.29) is 22.2 Å². The van der Waals surface area contributed by atoms with Gasteiger partial charge in [0, 0.05) is 35.2 Å². The van der Waals surface area contributed by atoms with Gasteiger partial charge < -0.3 is 30.2 Å². The Morgan fingerprint density at radius 1 is 0.450 bits per heavy atom. The Hall–Kier alpha value is -5.38. The molecular weight excluding hydrogens is 757 g/mol. The van der Waals surface area contributed by atoms with E-state index in [1.54, 1.807) is 9.80 Å². The molecule has 0 aromatic heterocycles. The van der Waals surface area contributed by atoms with Gasteiger partial charge in [-0.15, -0.1) is 0 Å². The van der Waals surface area contributed by atoms with E-state index in [0.717, 1.165) is 75.3 Å². The predicted octanol–water partition coefficient (Wildman–Crippen LogP) is 13.2. The molecule has 0 fully saturated rings. The maximum absolute atomic E-state index is 13.6. The zero-order chi connectivity index (χ0) is 44.4. The lowest BCUT2D eigenvalue weighted by Crippen LogP contribution is -2.25. The quantitative estimate of drug-likeness (QED) is 0.0563. The van der Waals surface area contributed by atoms with E-state index in [0.29, 0.717) is 37.3 Å². The van der Waals surface area contributed by atoms with E-state index in [9.17, 15) is 39.6 Å². The Labute approximate surface area is 356 Å². The van der Waals surface area contributed by atoms with Gasteiger partial charge in [0.15, 0.2) is 0 Å². The second kappa shape index (κ2) is 20.7. The van der Waals surface area contributed by atoms with Crippen molar-refractivity contribution in [3.8, 4) is 0 Å². The van der Waals surface area contributed by atoms with Crippen molar-refractivity contribution in [1.82, 2.24) is 0 Å². The highest BCUT2D eigenvalue weighted by Gasteiger charge is 2.34. The Morgan fingerprint density at radius 2 is 0.750 bits per heavy atom. The highest BCUT2D eigenvalue weighted by molar-refractivity contribution is 6.26. The lowest BCUT2D eigenvalue weighted by atomic mass is 9.86. The number of hydrogen-bond acceptors (Lipinski definition) is 6. The maximum atomic E-state index is 13.6. The number of aromatic carboxylic acids is 4. The molecule has 324 valence electrons. The normalized spacial score (nSPS) is 11.8. The largest absolute Gasteiger partial charge is 0.478 e. The summed E-state index contributed by atoms with van der Waals surface area (Å²) in [7, 11) is 0. The first-order valence-electron chi connectivity index (χ1n) is 21.7. The number of rotatable bonds is 22. The maximum Gasteiger partial charge on any atom is 0.338 e. The van der Waals surface area contributed by atoms with E-state index in [2.05, 4.69) is 55.4 Å². The van der Waals surface area contributed by atoms with E-state index in [1.165, 1.54) is 12.1 Å². The van der Waals surface area contributed by atoms with Crippen molar-refractivity contribution >= 4 is 57.4 Å². The summed E-state index contributed by atoms with van der Waals surface area (Å²) < 4.78 is 0. The van der Waals surface area contributed by atoms with Crippen LogP contribution in [0.1, 0.15) is 185 Å². The van der Waals surface area contributed by atoms with E-state index in [4.69, 9.17) is 0 Å². The van der Waals surface area contributed by atoms with Crippen LogP contribution in [0.5, 0.6) is 0 Å². The average Bonchev–Trinajstić information content (AvgIpc) is 3.18. The smallest absolute Gasteiger partial charge is 0.338 e. The molecule has 0 atom stereocenters. The molecule has 0 amide bonds. The van der Waals surface area contributed by atoms with Crippen LogP contribution in [0.3, 0.4) is 0 Å². The van der Waals surface area contributed by atoms with Gasteiger partial charge in [-0.2, -0.15) is 0 Å². The molecule has 0 aliphatic heterocycles. The number of benzene rings is 4. The Morgan fingerprint density at radius 3 is 1.02 bits per heavy atom. The molecule has 0 spiro atoms. The molecule has 10 nitrogen and oxygen atoms in total. The zero-order valence-electron chi connectivity index (χ0n) is 37.0. The molecular formula is C50H66N2O8.